The Hall–Kier alpha value is -7.08. The van der Waals surface area contributed by atoms with Crippen LogP contribution in [0.15, 0.2) is 141 Å². The largest absolute Gasteiger partial charge is 0.285 e. The Labute approximate surface area is 361 Å². The lowest BCUT2D eigenvalue weighted by Gasteiger charge is -2.19. The number of rotatable bonds is 14. The molecule has 0 N–H and O–H groups in total. The van der Waals surface area contributed by atoms with E-state index in [1.807, 2.05) is 185 Å². The van der Waals surface area contributed by atoms with Gasteiger partial charge < -0.3 is 0 Å². The molecule has 320 valence electrons. The van der Waals surface area contributed by atoms with E-state index in [1.54, 1.807) is 30.9 Å². The van der Waals surface area contributed by atoms with E-state index in [0.29, 0.717) is 64.3 Å². The number of benzene rings is 3. The molecule has 3 aromatic carbocycles. The zero-order valence-corrected chi connectivity index (χ0v) is 37.2. The fourth-order valence-corrected chi connectivity index (χ4v) is 9.24. The van der Waals surface area contributed by atoms with Gasteiger partial charge in [0.2, 0.25) is 0 Å². The molecule has 0 saturated carbocycles. The molecular weight excluding hydrogens is 777 g/mol. The maximum atomic E-state index is 14.9. The second kappa shape index (κ2) is 17.5. The Kier molecular flexibility index (Phi) is 12.1. The van der Waals surface area contributed by atoms with Crippen LogP contribution in [0.3, 0.4) is 0 Å². The Morgan fingerprint density at radius 3 is 1.16 bits per heavy atom. The summed E-state index contributed by atoms with van der Waals surface area (Å²) in [5.41, 5.74) is 7.03. The number of nitrogens with zero attached hydrogens (tertiary/aromatic N) is 8. The van der Waals surface area contributed by atoms with Gasteiger partial charge in [0.05, 0.1) is 22.8 Å². The third-order valence-corrected chi connectivity index (χ3v) is 12.7. The van der Waals surface area contributed by atoms with Crippen molar-refractivity contribution in [3.8, 4) is 17.1 Å². The van der Waals surface area contributed by atoms with Crippen LogP contribution in [0.2, 0.25) is 0 Å². The van der Waals surface area contributed by atoms with Gasteiger partial charge in [-0.15, -0.1) is 0 Å². The predicted octanol–water partition coefficient (Wildman–Crippen LogP) is 7.63. The predicted molar refractivity (Wildman–Crippen MR) is 248 cm³/mol. The fourth-order valence-electron chi connectivity index (χ4n) is 9.24. The third-order valence-electron chi connectivity index (χ3n) is 12.7. The van der Waals surface area contributed by atoms with Crippen molar-refractivity contribution >= 4 is 5.70 Å². The second-order valence-corrected chi connectivity index (χ2v) is 15.9. The van der Waals surface area contributed by atoms with Crippen molar-refractivity contribution in [2.75, 3.05) is 0 Å². The third kappa shape index (κ3) is 7.18. The van der Waals surface area contributed by atoms with Gasteiger partial charge in [0.15, 0.2) is 0 Å². The molecule has 1 unspecified atom stereocenters. The number of allylic oxidation sites excluding steroid dienone is 5. The first-order valence-electron chi connectivity index (χ1n) is 21.0. The highest BCUT2D eigenvalue weighted by Crippen LogP contribution is 2.36. The Morgan fingerprint density at radius 2 is 0.839 bits per heavy atom. The zero-order chi connectivity index (χ0) is 44.6. The topological polar surface area (TPSA) is 108 Å². The molecule has 7 aromatic rings. The van der Waals surface area contributed by atoms with Gasteiger partial charge >= 0.3 is 0 Å². The highest BCUT2D eigenvalue weighted by Gasteiger charge is 2.35. The Morgan fingerprint density at radius 1 is 0.516 bits per heavy atom. The summed E-state index contributed by atoms with van der Waals surface area (Å²) < 4.78 is 14.0. The van der Waals surface area contributed by atoms with E-state index in [-0.39, 0.29) is 22.2 Å². The monoisotopic (exact) mass is 832 g/mol. The lowest BCUT2D eigenvalue weighted by atomic mass is 9.82. The molecule has 0 amide bonds. The number of para-hydroxylation sites is 3. The summed E-state index contributed by atoms with van der Waals surface area (Å²) in [6.07, 6.45) is 8.40. The number of hydrogen-bond donors (Lipinski definition) is 0. The van der Waals surface area contributed by atoms with Crippen LogP contribution in [0.5, 0.6) is 0 Å². The first-order chi connectivity index (χ1) is 29.8. The first kappa shape index (κ1) is 43.0. The lowest BCUT2D eigenvalue weighted by molar-refractivity contribution is 0.578. The van der Waals surface area contributed by atoms with E-state index in [1.165, 1.54) is 0 Å². The van der Waals surface area contributed by atoms with Crippen LogP contribution in [0.25, 0.3) is 22.8 Å². The quantitative estimate of drug-likeness (QED) is 0.105. The Balaban J connectivity index is 1.42. The van der Waals surface area contributed by atoms with Gasteiger partial charge in [-0.2, -0.15) is 0 Å². The molecule has 7 rings (SSSR count). The molecule has 0 fully saturated rings. The van der Waals surface area contributed by atoms with Crippen molar-refractivity contribution in [1.82, 2.24) is 37.5 Å². The molecular formula is C50H56N8O4. The van der Waals surface area contributed by atoms with E-state index < -0.39 is 11.8 Å². The molecule has 62 heavy (non-hydrogen) atoms. The summed E-state index contributed by atoms with van der Waals surface area (Å²) in [6.45, 7) is 13.4. The maximum Gasteiger partial charge on any atom is 0.275 e. The van der Waals surface area contributed by atoms with Gasteiger partial charge in [0.1, 0.15) is 0 Å². The zero-order valence-electron chi connectivity index (χ0n) is 37.2. The van der Waals surface area contributed by atoms with E-state index in [2.05, 4.69) is 6.58 Å². The van der Waals surface area contributed by atoms with Crippen molar-refractivity contribution in [3.63, 3.8) is 0 Å². The molecule has 1 atom stereocenters. The molecule has 12 heteroatoms. The summed E-state index contributed by atoms with van der Waals surface area (Å²) in [6, 6.07) is 28.5. The molecule has 12 nitrogen and oxygen atoms in total. The van der Waals surface area contributed by atoms with E-state index in [0.717, 1.165) is 22.8 Å². The molecule has 0 radical (unpaired) electrons. The summed E-state index contributed by atoms with van der Waals surface area (Å²) in [5.74, 6) is -1.25. The minimum atomic E-state index is -0.628. The van der Waals surface area contributed by atoms with Gasteiger partial charge in [-0.1, -0.05) is 85.8 Å². The van der Waals surface area contributed by atoms with Gasteiger partial charge in [0.25, 0.3) is 22.2 Å². The maximum absolute atomic E-state index is 14.9. The van der Waals surface area contributed by atoms with Crippen LogP contribution in [0.4, 0.5) is 0 Å². The highest BCUT2D eigenvalue weighted by molar-refractivity contribution is 5.57. The summed E-state index contributed by atoms with van der Waals surface area (Å²) in [7, 11) is 7.44. The fraction of sp³-hybridized carbons (Fsp3) is 0.280. The van der Waals surface area contributed by atoms with Gasteiger partial charge in [-0.05, 0) is 89.9 Å². The molecule has 0 aliphatic rings. The second-order valence-electron chi connectivity index (χ2n) is 15.9. The van der Waals surface area contributed by atoms with E-state index >= 15 is 0 Å². The lowest BCUT2D eigenvalue weighted by Crippen LogP contribution is -2.27. The standard InChI is InChI=1S/C50H56N8O4/c1-11-13-24-37(12-2)55-47(59)43(33(3)51(55)7)41(44-34(4)52(8)56(48(44)60)38-25-17-14-18-26-38)31-23-32-42(45-35(5)53(9)57(49(45)61)39-27-19-15-20-28-39)46-36(6)54(10)58(50(46)62)40-29-21-16-22-30-40/h11-22,24-30,41-42H,1,23,31-32H2,2-10H3. The number of hydrogen-bond acceptors (Lipinski definition) is 4. The average Bonchev–Trinajstić information content (AvgIpc) is 3.82. The van der Waals surface area contributed by atoms with Crippen LogP contribution in [0, 0.1) is 27.7 Å². The highest BCUT2D eigenvalue weighted by atomic mass is 16.2. The minimum absolute atomic E-state index is 0.204. The van der Waals surface area contributed by atoms with Crippen LogP contribution in [-0.4, -0.2) is 37.5 Å². The van der Waals surface area contributed by atoms with Crippen molar-refractivity contribution in [3.05, 3.63) is 208 Å². The molecule has 0 spiro atoms. The minimum Gasteiger partial charge on any atom is -0.285 e. The Bertz CT molecular complexity index is 2980. The summed E-state index contributed by atoms with van der Waals surface area (Å²) in [4.78, 5) is 59.4. The normalized spacial score (nSPS) is 12.6. The van der Waals surface area contributed by atoms with Gasteiger partial charge in [0, 0.05) is 85.1 Å². The molecule has 4 aromatic heterocycles. The van der Waals surface area contributed by atoms with Crippen LogP contribution < -0.4 is 22.2 Å². The summed E-state index contributed by atoms with van der Waals surface area (Å²) in [5, 5.41) is 0. The molecule has 0 saturated heterocycles. The van der Waals surface area contributed by atoms with E-state index in [4.69, 9.17) is 0 Å². The molecule has 4 heterocycles. The average molecular weight is 833 g/mol. The number of aromatic nitrogens is 8. The summed E-state index contributed by atoms with van der Waals surface area (Å²) >= 11 is 0. The van der Waals surface area contributed by atoms with Crippen molar-refractivity contribution < 1.29 is 0 Å². The first-order valence-corrected chi connectivity index (χ1v) is 21.0. The molecule has 0 bridgehead atoms. The van der Waals surface area contributed by atoms with Crippen molar-refractivity contribution in [2.45, 2.75) is 65.7 Å². The molecule has 0 aliphatic heterocycles. The SMILES string of the molecule is C=CC=CC(=CC)n1c(=O)c(C(CCCC(c2c(C)n(C)n(-c3ccccc3)c2=O)c2c(C)n(C)n(-c3ccccc3)c2=O)c2c(C)n(C)n(-c3ccccc3)c2=O)c(C)n1C. The molecule has 0 aliphatic carbocycles. The van der Waals surface area contributed by atoms with Crippen molar-refractivity contribution in [1.29, 1.82) is 0 Å². The van der Waals surface area contributed by atoms with Crippen LogP contribution in [-0.2, 0) is 28.2 Å². The van der Waals surface area contributed by atoms with Crippen LogP contribution in [0.1, 0.15) is 83.1 Å². The smallest absolute Gasteiger partial charge is 0.275 e. The van der Waals surface area contributed by atoms with Gasteiger partial charge in [-0.3, -0.25) is 37.9 Å². The van der Waals surface area contributed by atoms with Gasteiger partial charge in [-0.25, -0.2) is 18.7 Å². The van der Waals surface area contributed by atoms with E-state index in [9.17, 15) is 19.2 Å². The van der Waals surface area contributed by atoms with Crippen molar-refractivity contribution in [2.24, 2.45) is 28.2 Å². The van der Waals surface area contributed by atoms with Crippen LogP contribution >= 0.6 is 0 Å².